The summed E-state index contributed by atoms with van der Waals surface area (Å²) in [5, 5.41) is 6.53. The third-order valence-corrected chi connectivity index (χ3v) is 5.11. The Balaban J connectivity index is 1.77. The highest BCUT2D eigenvalue weighted by atomic mass is 32.1. The number of benzene rings is 2. The molecule has 3 nitrogen and oxygen atoms in total. The van der Waals surface area contributed by atoms with Crippen molar-refractivity contribution in [2.75, 3.05) is 11.9 Å². The molecule has 28 heavy (non-hydrogen) atoms. The molecule has 0 radical (unpaired) electrons. The number of nitrogens with one attached hydrogen (secondary N) is 2. The van der Waals surface area contributed by atoms with Crippen LogP contribution in [0.1, 0.15) is 32.3 Å². The minimum atomic E-state index is -0.311. The number of carbonyl (C=O) groups excluding carboxylic acids is 1. The second-order valence-electron chi connectivity index (χ2n) is 7.92. The Morgan fingerprint density at radius 3 is 2.43 bits per heavy atom. The molecule has 0 unspecified atom stereocenters. The number of hydrogen-bond donors (Lipinski definition) is 2. The van der Waals surface area contributed by atoms with Crippen molar-refractivity contribution in [3.05, 3.63) is 77.2 Å². The quantitative estimate of drug-likeness (QED) is 0.671. The van der Waals surface area contributed by atoms with Gasteiger partial charge in [0.05, 0.1) is 5.57 Å². The number of anilines is 1. The molecular formula is C23H25FN2OS. The van der Waals surface area contributed by atoms with Gasteiger partial charge >= 0.3 is 0 Å². The molecule has 0 bridgehead atoms. The number of hydrogen-bond acceptors (Lipinski definition) is 3. The highest BCUT2D eigenvalue weighted by Crippen LogP contribution is 2.36. The van der Waals surface area contributed by atoms with Gasteiger partial charge in [0.25, 0.3) is 0 Å². The van der Waals surface area contributed by atoms with E-state index >= 15 is 0 Å². The zero-order valence-electron chi connectivity index (χ0n) is 16.2. The minimum Gasteiger partial charge on any atom is -0.387 e. The van der Waals surface area contributed by atoms with Crippen LogP contribution in [0.25, 0.3) is 0 Å². The number of Topliss-reactive ketones (excluding diaryl/α,β-unsaturated/α-hetero) is 1. The maximum Gasteiger partial charge on any atom is 0.168 e. The van der Waals surface area contributed by atoms with Crippen molar-refractivity contribution < 1.29 is 9.18 Å². The van der Waals surface area contributed by atoms with Crippen LogP contribution in [0.5, 0.6) is 0 Å². The topological polar surface area (TPSA) is 41.1 Å². The van der Waals surface area contributed by atoms with Crippen molar-refractivity contribution in [2.45, 2.75) is 33.1 Å². The van der Waals surface area contributed by atoms with Gasteiger partial charge in [0.15, 0.2) is 5.78 Å². The summed E-state index contributed by atoms with van der Waals surface area (Å²) >= 11 is 5.54. The number of thiocarbonyl (C=S) groups is 1. The fraction of sp³-hybridized carbons (Fsp3) is 0.304. The Labute approximate surface area is 171 Å². The summed E-state index contributed by atoms with van der Waals surface area (Å²) in [5.74, 6) is -0.271. The second kappa shape index (κ2) is 8.65. The van der Waals surface area contributed by atoms with Crippen LogP contribution in [0.3, 0.4) is 0 Å². The number of allylic oxidation sites excluding steroid dienone is 1. The maximum absolute atomic E-state index is 13.1. The Morgan fingerprint density at radius 2 is 1.75 bits per heavy atom. The van der Waals surface area contributed by atoms with Crippen LogP contribution in [-0.2, 0) is 11.2 Å². The lowest BCUT2D eigenvalue weighted by Gasteiger charge is -2.33. The first-order chi connectivity index (χ1) is 13.3. The molecule has 1 aliphatic rings. The molecule has 0 spiro atoms. The van der Waals surface area contributed by atoms with Gasteiger partial charge in [-0.15, -0.1) is 0 Å². The first-order valence-corrected chi connectivity index (χ1v) is 9.86. The number of halogens is 1. The Morgan fingerprint density at radius 1 is 1.07 bits per heavy atom. The number of rotatable bonds is 6. The van der Waals surface area contributed by atoms with E-state index in [-0.39, 0.29) is 17.0 Å². The lowest BCUT2D eigenvalue weighted by molar-refractivity contribution is -0.117. The van der Waals surface area contributed by atoms with Crippen LogP contribution in [0.2, 0.25) is 0 Å². The van der Waals surface area contributed by atoms with Crippen LogP contribution in [-0.4, -0.2) is 17.3 Å². The van der Waals surface area contributed by atoms with E-state index in [2.05, 4.69) is 36.6 Å². The van der Waals surface area contributed by atoms with Crippen molar-refractivity contribution >= 4 is 28.7 Å². The van der Waals surface area contributed by atoms with Gasteiger partial charge in [-0.25, -0.2) is 4.39 Å². The summed E-state index contributed by atoms with van der Waals surface area (Å²) in [6.45, 7) is 4.92. The summed E-state index contributed by atoms with van der Waals surface area (Å²) in [5.41, 5.74) is 3.23. The van der Waals surface area contributed by atoms with Crippen LogP contribution in [0.4, 0.5) is 10.1 Å². The van der Waals surface area contributed by atoms with E-state index in [1.165, 1.54) is 17.7 Å². The standard InChI is InChI=1S/C23H25FN2OS/c1-23(2)14-19(25-13-12-16-6-4-3-5-7-16)21(20(27)15-23)22(28)26-18-10-8-17(24)9-11-18/h3-11,25H,12-15H2,1-2H3,(H,26,28). The monoisotopic (exact) mass is 396 g/mol. The van der Waals surface area contributed by atoms with Gasteiger partial charge in [-0.3, -0.25) is 4.79 Å². The zero-order valence-corrected chi connectivity index (χ0v) is 17.0. The minimum absolute atomic E-state index is 0.0399. The lowest BCUT2D eigenvalue weighted by atomic mass is 9.75. The first-order valence-electron chi connectivity index (χ1n) is 9.45. The molecule has 5 heteroatoms. The Kier molecular flexibility index (Phi) is 6.25. The molecule has 0 heterocycles. The van der Waals surface area contributed by atoms with Crippen LogP contribution >= 0.6 is 12.2 Å². The molecular weight excluding hydrogens is 371 g/mol. The molecule has 0 saturated carbocycles. The van der Waals surface area contributed by atoms with Crippen LogP contribution < -0.4 is 10.6 Å². The van der Waals surface area contributed by atoms with Gasteiger partial charge < -0.3 is 10.6 Å². The molecule has 0 atom stereocenters. The average molecular weight is 397 g/mol. The molecule has 3 rings (SSSR count). The van der Waals surface area contributed by atoms with Crippen molar-refractivity contribution in [1.82, 2.24) is 5.32 Å². The molecule has 0 aromatic heterocycles. The van der Waals surface area contributed by atoms with E-state index in [0.717, 1.165) is 25.1 Å². The van der Waals surface area contributed by atoms with E-state index in [0.29, 0.717) is 22.7 Å². The Hall–Kier alpha value is -2.53. The molecule has 146 valence electrons. The molecule has 2 aromatic carbocycles. The zero-order chi connectivity index (χ0) is 20.1. The summed E-state index contributed by atoms with van der Waals surface area (Å²) in [6, 6.07) is 16.2. The lowest BCUT2D eigenvalue weighted by Crippen LogP contribution is -2.36. The van der Waals surface area contributed by atoms with E-state index < -0.39 is 0 Å². The van der Waals surface area contributed by atoms with Crippen molar-refractivity contribution in [1.29, 1.82) is 0 Å². The average Bonchev–Trinajstić information content (AvgIpc) is 2.63. The highest BCUT2D eigenvalue weighted by Gasteiger charge is 2.34. The predicted octanol–water partition coefficient (Wildman–Crippen LogP) is 5.04. The largest absolute Gasteiger partial charge is 0.387 e. The van der Waals surface area contributed by atoms with Gasteiger partial charge in [0.1, 0.15) is 10.8 Å². The number of carbonyl (C=O) groups is 1. The molecule has 2 N–H and O–H groups in total. The summed E-state index contributed by atoms with van der Waals surface area (Å²) in [6.07, 6.45) is 2.08. The summed E-state index contributed by atoms with van der Waals surface area (Å²) in [7, 11) is 0. The van der Waals surface area contributed by atoms with E-state index in [1.807, 2.05) is 18.2 Å². The van der Waals surface area contributed by atoms with Crippen LogP contribution in [0.15, 0.2) is 65.9 Å². The fourth-order valence-electron chi connectivity index (χ4n) is 3.46. The molecule has 0 fully saturated rings. The van der Waals surface area contributed by atoms with Gasteiger partial charge in [0, 0.05) is 24.4 Å². The van der Waals surface area contributed by atoms with Crippen LogP contribution in [0, 0.1) is 11.2 Å². The van der Waals surface area contributed by atoms with Crippen molar-refractivity contribution in [2.24, 2.45) is 5.41 Å². The third-order valence-electron chi connectivity index (χ3n) is 4.80. The smallest absolute Gasteiger partial charge is 0.168 e. The second-order valence-corrected chi connectivity index (χ2v) is 8.33. The van der Waals surface area contributed by atoms with Gasteiger partial charge in [-0.1, -0.05) is 56.4 Å². The third kappa shape index (κ3) is 5.26. The van der Waals surface area contributed by atoms with E-state index in [9.17, 15) is 9.18 Å². The van der Waals surface area contributed by atoms with Crippen molar-refractivity contribution in [3.8, 4) is 0 Å². The number of ketones is 1. The SMILES string of the molecule is CC1(C)CC(=O)C(C(=S)Nc2ccc(F)cc2)=C(NCCc2ccccc2)C1. The normalized spacial score (nSPS) is 16.0. The summed E-state index contributed by atoms with van der Waals surface area (Å²) in [4.78, 5) is 13.2. The first kappa shape index (κ1) is 20.2. The summed E-state index contributed by atoms with van der Waals surface area (Å²) < 4.78 is 13.1. The highest BCUT2D eigenvalue weighted by molar-refractivity contribution is 7.81. The van der Waals surface area contributed by atoms with Gasteiger partial charge in [-0.05, 0) is 48.1 Å². The van der Waals surface area contributed by atoms with E-state index in [4.69, 9.17) is 12.2 Å². The van der Waals surface area contributed by atoms with Gasteiger partial charge in [-0.2, -0.15) is 0 Å². The van der Waals surface area contributed by atoms with Crippen molar-refractivity contribution in [3.63, 3.8) is 0 Å². The predicted molar refractivity (Wildman–Crippen MR) is 116 cm³/mol. The molecule has 1 aliphatic carbocycles. The maximum atomic E-state index is 13.1. The molecule has 2 aromatic rings. The fourth-order valence-corrected chi connectivity index (χ4v) is 3.82. The Bertz CT molecular complexity index is 889. The van der Waals surface area contributed by atoms with E-state index in [1.54, 1.807) is 12.1 Å². The molecule has 0 aliphatic heterocycles. The molecule has 0 saturated heterocycles. The van der Waals surface area contributed by atoms with Gasteiger partial charge in [0.2, 0.25) is 0 Å². The molecule has 0 amide bonds.